The minimum absolute atomic E-state index is 0.199. The average Bonchev–Trinajstić information content (AvgIpc) is 2.36. The fraction of sp³-hybridized carbons (Fsp3) is 0.417. The predicted molar refractivity (Wildman–Crippen MR) is 58.9 cm³/mol. The predicted octanol–water partition coefficient (Wildman–Crippen LogP) is 3.74. The molecule has 20 heavy (non-hydrogen) atoms. The van der Waals surface area contributed by atoms with Gasteiger partial charge in [0.25, 0.3) is 6.43 Å². The molecule has 1 aromatic carbocycles. The third-order valence-corrected chi connectivity index (χ3v) is 2.43. The Morgan fingerprint density at radius 2 is 1.85 bits per heavy atom. The van der Waals surface area contributed by atoms with Crippen molar-refractivity contribution >= 4 is 5.97 Å². The summed E-state index contributed by atoms with van der Waals surface area (Å²) in [4.78, 5) is 11.2. The van der Waals surface area contributed by atoms with E-state index < -0.39 is 36.0 Å². The van der Waals surface area contributed by atoms with Crippen LogP contribution < -0.4 is 4.74 Å². The number of esters is 1. The van der Waals surface area contributed by atoms with Gasteiger partial charge in [0, 0.05) is 0 Å². The Hall–Kier alpha value is -1.86. The maximum Gasteiger partial charge on any atom is 0.425 e. The molecule has 0 spiro atoms. The first-order valence-electron chi connectivity index (χ1n) is 5.40. The molecule has 0 aliphatic carbocycles. The van der Waals surface area contributed by atoms with Crippen molar-refractivity contribution in [2.75, 3.05) is 7.11 Å². The van der Waals surface area contributed by atoms with Gasteiger partial charge >= 0.3 is 12.1 Å². The lowest BCUT2D eigenvalue weighted by atomic mass is 10.1. The largest absolute Gasteiger partial charge is 0.481 e. The first-order valence-corrected chi connectivity index (χ1v) is 5.40. The molecule has 1 unspecified atom stereocenters. The van der Waals surface area contributed by atoms with E-state index in [9.17, 15) is 26.7 Å². The van der Waals surface area contributed by atoms with Crippen molar-refractivity contribution in [3.63, 3.8) is 0 Å². The summed E-state index contributed by atoms with van der Waals surface area (Å²) < 4.78 is 71.5. The normalized spacial score (nSPS) is 13.2. The first kappa shape index (κ1) is 16.2. The van der Waals surface area contributed by atoms with Crippen LogP contribution >= 0.6 is 0 Å². The Kier molecular flexibility index (Phi) is 4.91. The van der Waals surface area contributed by atoms with Crippen molar-refractivity contribution in [2.24, 2.45) is 0 Å². The standard InChI is InChI=1S/C12H11F5O3/c1-6(12(15,16)17)20-9-4-3-7(11(18)19-2)5-8(9)10(13)14/h3-6,10H,1-2H3. The zero-order chi connectivity index (χ0) is 15.5. The molecule has 0 aromatic heterocycles. The van der Waals surface area contributed by atoms with E-state index in [1.54, 1.807) is 0 Å². The van der Waals surface area contributed by atoms with E-state index in [4.69, 9.17) is 0 Å². The second-order valence-electron chi connectivity index (χ2n) is 3.85. The van der Waals surface area contributed by atoms with Crippen LogP contribution in [0.5, 0.6) is 5.75 Å². The van der Waals surface area contributed by atoms with Crippen molar-refractivity contribution < 1.29 is 36.2 Å². The number of ether oxygens (including phenoxy) is 2. The molecule has 0 heterocycles. The number of carbonyl (C=O) groups excluding carboxylic acids is 1. The molecule has 0 aliphatic heterocycles. The number of hydrogen-bond donors (Lipinski definition) is 0. The van der Waals surface area contributed by atoms with Crippen molar-refractivity contribution in [3.8, 4) is 5.75 Å². The highest BCUT2D eigenvalue weighted by Crippen LogP contribution is 2.33. The molecular weight excluding hydrogens is 287 g/mol. The first-order chi connectivity index (χ1) is 9.16. The number of alkyl halides is 5. The lowest BCUT2D eigenvalue weighted by Gasteiger charge is -2.19. The summed E-state index contributed by atoms with van der Waals surface area (Å²) in [7, 11) is 1.06. The number of rotatable bonds is 4. The number of benzene rings is 1. The van der Waals surface area contributed by atoms with Crippen LogP contribution in [-0.2, 0) is 4.74 Å². The summed E-state index contributed by atoms with van der Waals surface area (Å²) in [6.45, 7) is 0.698. The van der Waals surface area contributed by atoms with Crippen LogP contribution in [0.25, 0.3) is 0 Å². The number of methoxy groups -OCH3 is 1. The molecule has 112 valence electrons. The van der Waals surface area contributed by atoms with Gasteiger partial charge in [-0.15, -0.1) is 0 Å². The van der Waals surface area contributed by atoms with E-state index >= 15 is 0 Å². The Bertz CT molecular complexity index is 484. The minimum Gasteiger partial charge on any atom is -0.481 e. The summed E-state index contributed by atoms with van der Waals surface area (Å²) in [5.41, 5.74) is -1.00. The minimum atomic E-state index is -4.68. The molecule has 0 radical (unpaired) electrons. The molecule has 1 rings (SSSR count). The maximum atomic E-state index is 12.8. The van der Waals surface area contributed by atoms with E-state index in [0.717, 1.165) is 25.3 Å². The molecule has 1 atom stereocenters. The van der Waals surface area contributed by atoms with Gasteiger partial charge in [-0.1, -0.05) is 0 Å². The molecule has 0 saturated carbocycles. The molecule has 0 amide bonds. The Morgan fingerprint density at radius 1 is 1.25 bits per heavy atom. The van der Waals surface area contributed by atoms with Gasteiger partial charge in [-0.3, -0.25) is 0 Å². The maximum absolute atomic E-state index is 12.8. The second kappa shape index (κ2) is 6.06. The highest BCUT2D eigenvalue weighted by Gasteiger charge is 2.38. The third kappa shape index (κ3) is 3.82. The lowest BCUT2D eigenvalue weighted by Crippen LogP contribution is -2.31. The monoisotopic (exact) mass is 298 g/mol. The highest BCUT2D eigenvalue weighted by molar-refractivity contribution is 5.89. The van der Waals surface area contributed by atoms with Gasteiger partial charge in [0.1, 0.15) is 5.75 Å². The van der Waals surface area contributed by atoms with E-state index in [0.29, 0.717) is 6.92 Å². The van der Waals surface area contributed by atoms with Crippen LogP contribution in [0.4, 0.5) is 22.0 Å². The second-order valence-corrected chi connectivity index (χ2v) is 3.85. The van der Waals surface area contributed by atoms with Gasteiger partial charge in [-0.2, -0.15) is 13.2 Å². The van der Waals surface area contributed by atoms with Crippen LogP contribution in [0.1, 0.15) is 29.3 Å². The average molecular weight is 298 g/mol. The summed E-state index contributed by atoms with van der Waals surface area (Å²) in [5.74, 6) is -1.50. The van der Waals surface area contributed by atoms with Crippen LogP contribution in [-0.4, -0.2) is 25.4 Å². The summed E-state index contributed by atoms with van der Waals surface area (Å²) in [6.07, 6.45) is -10.0. The van der Waals surface area contributed by atoms with Crippen molar-refractivity contribution in [2.45, 2.75) is 25.6 Å². The van der Waals surface area contributed by atoms with Crippen LogP contribution in [0.2, 0.25) is 0 Å². The summed E-state index contributed by atoms with van der Waals surface area (Å²) in [6, 6.07) is 2.68. The number of carbonyl (C=O) groups is 1. The topological polar surface area (TPSA) is 35.5 Å². The molecule has 0 saturated heterocycles. The lowest BCUT2D eigenvalue weighted by molar-refractivity contribution is -0.189. The smallest absolute Gasteiger partial charge is 0.425 e. The van der Waals surface area contributed by atoms with E-state index in [-0.39, 0.29) is 5.56 Å². The molecule has 0 N–H and O–H groups in total. The van der Waals surface area contributed by atoms with Gasteiger partial charge in [-0.25, -0.2) is 13.6 Å². The van der Waals surface area contributed by atoms with Crippen molar-refractivity contribution in [1.82, 2.24) is 0 Å². The summed E-state index contributed by atoms with van der Waals surface area (Å²) in [5, 5.41) is 0. The molecular formula is C12H11F5O3. The van der Waals surface area contributed by atoms with Crippen LogP contribution in [0.3, 0.4) is 0 Å². The zero-order valence-electron chi connectivity index (χ0n) is 10.5. The van der Waals surface area contributed by atoms with Gasteiger partial charge in [0.2, 0.25) is 0 Å². The highest BCUT2D eigenvalue weighted by atomic mass is 19.4. The zero-order valence-corrected chi connectivity index (χ0v) is 10.5. The van der Waals surface area contributed by atoms with Crippen LogP contribution in [0, 0.1) is 0 Å². The third-order valence-electron chi connectivity index (χ3n) is 2.43. The molecule has 8 heteroatoms. The molecule has 0 bridgehead atoms. The fourth-order valence-corrected chi connectivity index (χ4v) is 1.33. The van der Waals surface area contributed by atoms with Crippen molar-refractivity contribution in [1.29, 1.82) is 0 Å². The Morgan fingerprint density at radius 3 is 2.30 bits per heavy atom. The molecule has 0 fully saturated rings. The summed E-state index contributed by atoms with van der Waals surface area (Å²) >= 11 is 0. The fourth-order valence-electron chi connectivity index (χ4n) is 1.33. The van der Waals surface area contributed by atoms with Gasteiger partial charge in [-0.05, 0) is 25.1 Å². The van der Waals surface area contributed by atoms with Gasteiger partial charge in [0.15, 0.2) is 6.10 Å². The molecule has 3 nitrogen and oxygen atoms in total. The SMILES string of the molecule is COC(=O)c1ccc(OC(C)C(F)(F)F)c(C(F)F)c1. The molecule has 0 aliphatic rings. The Balaban J connectivity index is 3.11. The molecule has 1 aromatic rings. The van der Waals surface area contributed by atoms with E-state index in [1.807, 2.05) is 0 Å². The van der Waals surface area contributed by atoms with Gasteiger partial charge in [0.05, 0.1) is 18.2 Å². The van der Waals surface area contributed by atoms with Crippen LogP contribution in [0.15, 0.2) is 18.2 Å². The number of hydrogen-bond acceptors (Lipinski definition) is 3. The van der Waals surface area contributed by atoms with E-state index in [1.165, 1.54) is 0 Å². The number of halogens is 5. The van der Waals surface area contributed by atoms with Crippen molar-refractivity contribution in [3.05, 3.63) is 29.3 Å². The van der Waals surface area contributed by atoms with E-state index in [2.05, 4.69) is 9.47 Å². The van der Waals surface area contributed by atoms with Gasteiger partial charge < -0.3 is 9.47 Å². The quantitative estimate of drug-likeness (QED) is 0.627. The Labute approximate surface area is 111 Å².